The third kappa shape index (κ3) is 5.08. The number of rotatable bonds is 5. The van der Waals surface area contributed by atoms with Crippen LogP contribution in [-0.4, -0.2) is 18.3 Å². The number of nitriles is 1. The van der Waals surface area contributed by atoms with Crippen LogP contribution in [0.25, 0.3) is 0 Å². The van der Waals surface area contributed by atoms with Crippen LogP contribution in [0.15, 0.2) is 42.5 Å². The van der Waals surface area contributed by atoms with Crippen molar-refractivity contribution in [3.8, 4) is 11.8 Å². The van der Waals surface area contributed by atoms with Gasteiger partial charge in [-0.05, 0) is 42.5 Å². The SMILES string of the molecule is CC(C)(C)C(=O)Nc1ccc(C(=O)COc2ccc(C#N)cc2Cl)cc1. The first-order valence-electron chi connectivity index (χ1n) is 7.98. The van der Waals surface area contributed by atoms with Crippen molar-refractivity contribution < 1.29 is 14.3 Å². The van der Waals surface area contributed by atoms with Gasteiger partial charge < -0.3 is 10.1 Å². The van der Waals surface area contributed by atoms with Gasteiger partial charge in [0, 0.05) is 16.7 Å². The van der Waals surface area contributed by atoms with E-state index in [1.807, 2.05) is 26.8 Å². The average Bonchev–Trinajstić information content (AvgIpc) is 2.60. The number of nitrogens with zero attached hydrogens (tertiary/aromatic N) is 1. The number of hydrogen-bond donors (Lipinski definition) is 1. The van der Waals surface area contributed by atoms with Crippen LogP contribution >= 0.6 is 11.6 Å². The van der Waals surface area contributed by atoms with Gasteiger partial charge in [-0.2, -0.15) is 5.26 Å². The Balaban J connectivity index is 1.98. The number of ether oxygens (including phenoxy) is 1. The normalized spacial score (nSPS) is 10.7. The van der Waals surface area contributed by atoms with Crippen molar-refractivity contribution in [1.29, 1.82) is 5.26 Å². The Hall–Kier alpha value is -2.84. The summed E-state index contributed by atoms with van der Waals surface area (Å²) in [6.45, 7) is 5.29. The summed E-state index contributed by atoms with van der Waals surface area (Å²) in [7, 11) is 0. The number of carbonyl (C=O) groups excluding carboxylic acids is 2. The van der Waals surface area contributed by atoms with Gasteiger partial charge in [-0.15, -0.1) is 0 Å². The first-order chi connectivity index (χ1) is 12.2. The zero-order valence-corrected chi connectivity index (χ0v) is 15.6. The average molecular weight is 371 g/mol. The maximum absolute atomic E-state index is 12.2. The number of nitrogens with one attached hydrogen (secondary N) is 1. The van der Waals surface area contributed by atoms with Gasteiger partial charge >= 0.3 is 0 Å². The van der Waals surface area contributed by atoms with E-state index in [0.29, 0.717) is 22.6 Å². The van der Waals surface area contributed by atoms with Crippen molar-refractivity contribution in [2.45, 2.75) is 20.8 Å². The highest BCUT2D eigenvalue weighted by molar-refractivity contribution is 6.32. The minimum atomic E-state index is -0.497. The summed E-state index contributed by atoms with van der Waals surface area (Å²) in [5, 5.41) is 11.9. The van der Waals surface area contributed by atoms with E-state index in [1.54, 1.807) is 36.4 Å². The van der Waals surface area contributed by atoms with Crippen molar-refractivity contribution >= 4 is 29.0 Å². The molecule has 134 valence electrons. The lowest BCUT2D eigenvalue weighted by molar-refractivity contribution is -0.123. The van der Waals surface area contributed by atoms with Crippen molar-refractivity contribution in [3.05, 3.63) is 58.6 Å². The minimum Gasteiger partial charge on any atom is -0.484 e. The standard InChI is InChI=1S/C20H19ClN2O3/c1-20(2,3)19(25)23-15-7-5-14(6-8-15)17(24)12-26-18-9-4-13(11-22)10-16(18)21/h4-10H,12H2,1-3H3,(H,23,25). The predicted molar refractivity (Wildman–Crippen MR) is 101 cm³/mol. The highest BCUT2D eigenvalue weighted by Gasteiger charge is 2.21. The number of halogens is 1. The molecule has 2 rings (SSSR count). The van der Waals surface area contributed by atoms with Gasteiger partial charge in [-0.1, -0.05) is 32.4 Å². The second kappa shape index (κ2) is 8.03. The Kier molecular flexibility index (Phi) is 6.01. The summed E-state index contributed by atoms with van der Waals surface area (Å²) in [6, 6.07) is 13.2. The lowest BCUT2D eigenvalue weighted by Crippen LogP contribution is -2.27. The van der Waals surface area contributed by atoms with Crippen LogP contribution in [0.2, 0.25) is 5.02 Å². The van der Waals surface area contributed by atoms with Crippen LogP contribution in [0.1, 0.15) is 36.7 Å². The van der Waals surface area contributed by atoms with Gasteiger partial charge in [0.25, 0.3) is 0 Å². The maximum atomic E-state index is 12.2. The third-order valence-electron chi connectivity index (χ3n) is 3.57. The third-order valence-corrected chi connectivity index (χ3v) is 3.86. The van der Waals surface area contributed by atoms with E-state index in [-0.39, 0.29) is 23.3 Å². The monoisotopic (exact) mass is 370 g/mol. The van der Waals surface area contributed by atoms with E-state index in [1.165, 1.54) is 6.07 Å². The van der Waals surface area contributed by atoms with Gasteiger partial charge in [0.15, 0.2) is 12.4 Å². The fourth-order valence-corrected chi connectivity index (χ4v) is 2.21. The molecule has 1 N–H and O–H groups in total. The van der Waals surface area contributed by atoms with Crippen molar-refractivity contribution in [2.24, 2.45) is 5.41 Å². The smallest absolute Gasteiger partial charge is 0.229 e. The van der Waals surface area contributed by atoms with Gasteiger partial charge in [-0.3, -0.25) is 9.59 Å². The van der Waals surface area contributed by atoms with Gasteiger partial charge in [-0.25, -0.2) is 0 Å². The summed E-state index contributed by atoms with van der Waals surface area (Å²) in [5.74, 6) is 0.0163. The van der Waals surface area contributed by atoms with Crippen LogP contribution in [-0.2, 0) is 4.79 Å². The highest BCUT2D eigenvalue weighted by Crippen LogP contribution is 2.25. The molecule has 1 amide bonds. The molecule has 0 aromatic heterocycles. The van der Waals surface area contributed by atoms with Crippen LogP contribution in [0.4, 0.5) is 5.69 Å². The number of carbonyl (C=O) groups is 2. The molecule has 0 heterocycles. The molecular formula is C20H19ClN2O3. The Morgan fingerprint density at radius 2 is 1.81 bits per heavy atom. The molecular weight excluding hydrogens is 352 g/mol. The Labute approximate surface area is 157 Å². The van der Waals surface area contributed by atoms with E-state index < -0.39 is 5.41 Å². The number of Topliss-reactive ketones (excluding diaryl/α,β-unsaturated/α-hetero) is 1. The molecule has 6 heteroatoms. The Morgan fingerprint density at radius 1 is 1.15 bits per heavy atom. The molecule has 0 unspecified atom stereocenters. The fourth-order valence-electron chi connectivity index (χ4n) is 1.97. The molecule has 0 aliphatic carbocycles. The predicted octanol–water partition coefficient (Wildman–Crippen LogP) is 4.46. The van der Waals surface area contributed by atoms with Crippen molar-refractivity contribution in [3.63, 3.8) is 0 Å². The van der Waals surface area contributed by atoms with Crippen molar-refractivity contribution in [2.75, 3.05) is 11.9 Å². The summed E-state index contributed by atoms with van der Waals surface area (Å²) >= 11 is 6.02. The van der Waals surface area contributed by atoms with Crippen LogP contribution in [0.5, 0.6) is 5.75 Å². The van der Waals surface area contributed by atoms with Crippen molar-refractivity contribution in [1.82, 2.24) is 0 Å². The summed E-state index contributed by atoms with van der Waals surface area (Å²) < 4.78 is 5.43. The molecule has 0 saturated heterocycles. The van der Waals surface area contributed by atoms with Gasteiger partial charge in [0.05, 0.1) is 16.7 Å². The number of anilines is 1. The number of hydrogen-bond acceptors (Lipinski definition) is 4. The fraction of sp³-hybridized carbons (Fsp3) is 0.250. The Morgan fingerprint density at radius 3 is 2.35 bits per heavy atom. The van der Waals surface area contributed by atoms with E-state index in [2.05, 4.69) is 5.32 Å². The van der Waals surface area contributed by atoms with Gasteiger partial charge in [0.2, 0.25) is 5.91 Å². The lowest BCUT2D eigenvalue weighted by Gasteiger charge is -2.17. The number of amides is 1. The molecule has 2 aromatic carbocycles. The van der Waals surface area contributed by atoms with Crippen LogP contribution in [0.3, 0.4) is 0 Å². The van der Waals surface area contributed by atoms with E-state index in [4.69, 9.17) is 21.6 Å². The van der Waals surface area contributed by atoms with E-state index in [0.717, 1.165) is 0 Å². The second-order valence-corrected chi connectivity index (χ2v) is 7.16. The number of ketones is 1. The largest absolute Gasteiger partial charge is 0.484 e. The molecule has 0 bridgehead atoms. The zero-order chi connectivity index (χ0) is 19.3. The molecule has 0 spiro atoms. The first-order valence-corrected chi connectivity index (χ1v) is 8.35. The topological polar surface area (TPSA) is 79.2 Å². The zero-order valence-electron chi connectivity index (χ0n) is 14.8. The molecule has 26 heavy (non-hydrogen) atoms. The molecule has 0 radical (unpaired) electrons. The molecule has 0 aliphatic rings. The quantitative estimate of drug-likeness (QED) is 0.788. The summed E-state index contributed by atoms with van der Waals surface area (Å²) in [5.41, 5.74) is 1.01. The van der Waals surface area contributed by atoms with E-state index >= 15 is 0 Å². The molecule has 0 fully saturated rings. The lowest BCUT2D eigenvalue weighted by atomic mass is 9.95. The molecule has 5 nitrogen and oxygen atoms in total. The maximum Gasteiger partial charge on any atom is 0.229 e. The molecule has 0 aliphatic heterocycles. The summed E-state index contributed by atoms with van der Waals surface area (Å²) in [6.07, 6.45) is 0. The first kappa shape index (κ1) is 19.5. The minimum absolute atomic E-state index is 0.102. The highest BCUT2D eigenvalue weighted by atomic mass is 35.5. The summed E-state index contributed by atoms with van der Waals surface area (Å²) in [4.78, 5) is 24.2. The van der Waals surface area contributed by atoms with Crippen LogP contribution in [0, 0.1) is 16.7 Å². The number of benzene rings is 2. The van der Waals surface area contributed by atoms with Crippen LogP contribution < -0.4 is 10.1 Å². The van der Waals surface area contributed by atoms with E-state index in [9.17, 15) is 9.59 Å². The molecule has 0 saturated carbocycles. The van der Waals surface area contributed by atoms with Gasteiger partial charge in [0.1, 0.15) is 5.75 Å². The molecule has 0 atom stereocenters. The molecule has 2 aromatic rings. The Bertz CT molecular complexity index is 862. The second-order valence-electron chi connectivity index (χ2n) is 6.75.